The van der Waals surface area contributed by atoms with Crippen molar-refractivity contribution >= 4 is 12.6 Å². The van der Waals surface area contributed by atoms with Crippen LogP contribution in [0, 0.1) is 5.82 Å². The summed E-state index contributed by atoms with van der Waals surface area (Å²) in [7, 11) is 1.56. The number of benzene rings is 1. The van der Waals surface area contributed by atoms with Crippen molar-refractivity contribution < 1.29 is 9.13 Å². The minimum Gasteiger partial charge on any atom is -0.496 e. The Morgan fingerprint density at radius 2 is 2.17 bits per heavy atom. The number of hydrogen-bond acceptors (Lipinski definition) is 2. The van der Waals surface area contributed by atoms with Crippen LogP contribution in [0.3, 0.4) is 0 Å². The average molecular weight is 186 g/mol. The number of hydrogen-bond donors (Lipinski definition) is 1. The van der Waals surface area contributed by atoms with Crippen molar-refractivity contribution in [1.29, 1.82) is 0 Å². The van der Waals surface area contributed by atoms with Crippen molar-refractivity contribution in [3.8, 4) is 5.75 Å². The first-order chi connectivity index (χ1) is 5.65. The van der Waals surface area contributed by atoms with Crippen LogP contribution in [-0.4, -0.2) is 7.11 Å². The first-order valence-electron chi connectivity index (χ1n) is 3.66. The molecule has 1 rings (SSSR count). The van der Waals surface area contributed by atoms with Crippen LogP contribution in [-0.2, 0) is 0 Å². The Morgan fingerprint density at radius 1 is 1.50 bits per heavy atom. The van der Waals surface area contributed by atoms with Gasteiger partial charge in [-0.3, -0.25) is 0 Å². The van der Waals surface area contributed by atoms with Gasteiger partial charge in [-0.05, 0) is 25.1 Å². The molecule has 0 spiro atoms. The number of halogens is 1. The summed E-state index contributed by atoms with van der Waals surface area (Å²) in [4.78, 5) is 0. The third kappa shape index (κ3) is 1.91. The summed E-state index contributed by atoms with van der Waals surface area (Å²) in [5.41, 5.74) is 0.779. The zero-order valence-electron chi connectivity index (χ0n) is 7.04. The molecule has 0 aliphatic heterocycles. The van der Waals surface area contributed by atoms with Gasteiger partial charge in [0.2, 0.25) is 0 Å². The van der Waals surface area contributed by atoms with E-state index < -0.39 is 0 Å². The maximum atomic E-state index is 12.8. The fraction of sp³-hybridized carbons (Fsp3) is 0.333. The van der Waals surface area contributed by atoms with E-state index in [1.807, 2.05) is 6.92 Å². The maximum absolute atomic E-state index is 12.8. The monoisotopic (exact) mass is 186 g/mol. The van der Waals surface area contributed by atoms with E-state index in [0.717, 1.165) is 5.56 Å². The second kappa shape index (κ2) is 3.81. The van der Waals surface area contributed by atoms with Gasteiger partial charge in [-0.25, -0.2) is 4.39 Å². The fourth-order valence-corrected chi connectivity index (χ4v) is 1.23. The normalized spacial score (nSPS) is 12.7. The number of rotatable bonds is 2. The van der Waals surface area contributed by atoms with Gasteiger partial charge in [0.05, 0.1) is 7.11 Å². The molecule has 0 bridgehead atoms. The average Bonchev–Trinajstić information content (AvgIpc) is 2.04. The van der Waals surface area contributed by atoms with E-state index in [9.17, 15) is 4.39 Å². The molecular weight excluding hydrogens is 175 g/mol. The molecule has 0 radical (unpaired) electrons. The van der Waals surface area contributed by atoms with Gasteiger partial charge in [0.15, 0.2) is 0 Å². The molecule has 1 atom stereocenters. The second-order valence-electron chi connectivity index (χ2n) is 2.56. The predicted octanol–water partition coefficient (Wildman–Crippen LogP) is 2.83. The van der Waals surface area contributed by atoms with Gasteiger partial charge in [0.25, 0.3) is 0 Å². The second-order valence-corrected chi connectivity index (χ2v) is 3.34. The van der Waals surface area contributed by atoms with Crippen LogP contribution in [0.1, 0.15) is 17.7 Å². The van der Waals surface area contributed by atoms with Crippen molar-refractivity contribution in [2.45, 2.75) is 12.2 Å². The molecule has 0 saturated carbocycles. The highest BCUT2D eigenvalue weighted by Gasteiger charge is 2.08. The van der Waals surface area contributed by atoms with Gasteiger partial charge >= 0.3 is 0 Å². The fourth-order valence-electron chi connectivity index (χ4n) is 1.03. The van der Waals surface area contributed by atoms with E-state index in [4.69, 9.17) is 4.74 Å². The Labute approximate surface area is 77.0 Å². The van der Waals surface area contributed by atoms with Crippen LogP contribution in [0.25, 0.3) is 0 Å². The Kier molecular flexibility index (Phi) is 2.98. The van der Waals surface area contributed by atoms with Crippen LogP contribution in [0.4, 0.5) is 4.39 Å². The SMILES string of the molecule is COc1ccc(F)cc1C(C)S. The Bertz CT molecular complexity index is 273. The molecular formula is C9H11FOS. The molecule has 0 N–H and O–H groups in total. The van der Waals surface area contributed by atoms with Gasteiger partial charge in [0.1, 0.15) is 11.6 Å². The lowest BCUT2D eigenvalue weighted by atomic mass is 10.1. The first kappa shape index (κ1) is 9.39. The number of methoxy groups -OCH3 is 1. The van der Waals surface area contributed by atoms with Gasteiger partial charge in [-0.15, -0.1) is 0 Å². The molecule has 0 saturated heterocycles. The number of thiol groups is 1. The zero-order chi connectivity index (χ0) is 9.14. The zero-order valence-corrected chi connectivity index (χ0v) is 7.94. The lowest BCUT2D eigenvalue weighted by molar-refractivity contribution is 0.408. The van der Waals surface area contributed by atoms with Crippen molar-refractivity contribution in [3.63, 3.8) is 0 Å². The van der Waals surface area contributed by atoms with Crippen LogP contribution in [0.15, 0.2) is 18.2 Å². The van der Waals surface area contributed by atoms with Crippen molar-refractivity contribution in [3.05, 3.63) is 29.6 Å². The molecule has 0 aliphatic rings. The molecule has 1 aromatic carbocycles. The largest absolute Gasteiger partial charge is 0.496 e. The summed E-state index contributed by atoms with van der Waals surface area (Å²) in [5.74, 6) is 0.422. The highest BCUT2D eigenvalue weighted by atomic mass is 32.1. The van der Waals surface area contributed by atoms with Gasteiger partial charge in [0, 0.05) is 10.8 Å². The number of ether oxygens (including phenoxy) is 1. The molecule has 66 valence electrons. The Hall–Kier alpha value is -0.700. The van der Waals surface area contributed by atoms with Crippen molar-refractivity contribution in [2.75, 3.05) is 7.11 Å². The molecule has 1 nitrogen and oxygen atoms in total. The van der Waals surface area contributed by atoms with Crippen molar-refractivity contribution in [2.24, 2.45) is 0 Å². The maximum Gasteiger partial charge on any atom is 0.123 e. The van der Waals surface area contributed by atoms with Gasteiger partial charge in [-0.2, -0.15) is 12.6 Å². The molecule has 1 aromatic rings. The van der Waals surface area contributed by atoms with Crippen molar-refractivity contribution in [1.82, 2.24) is 0 Å². The Morgan fingerprint density at radius 3 is 2.67 bits per heavy atom. The Balaban J connectivity index is 3.12. The molecule has 3 heteroatoms. The summed E-state index contributed by atoms with van der Waals surface area (Å²) in [6.45, 7) is 1.88. The van der Waals surface area contributed by atoms with E-state index in [1.54, 1.807) is 13.2 Å². The van der Waals surface area contributed by atoms with Gasteiger partial charge in [-0.1, -0.05) is 0 Å². The molecule has 1 unspecified atom stereocenters. The lowest BCUT2D eigenvalue weighted by Crippen LogP contribution is -1.93. The van der Waals surface area contributed by atoms with E-state index in [-0.39, 0.29) is 11.1 Å². The summed E-state index contributed by atoms with van der Waals surface area (Å²) in [5, 5.41) is -0.0179. The smallest absolute Gasteiger partial charge is 0.123 e. The third-order valence-electron chi connectivity index (χ3n) is 1.64. The van der Waals surface area contributed by atoms with Gasteiger partial charge < -0.3 is 4.74 Å². The predicted molar refractivity (Wildman–Crippen MR) is 50.4 cm³/mol. The highest BCUT2D eigenvalue weighted by Crippen LogP contribution is 2.29. The molecule has 12 heavy (non-hydrogen) atoms. The standard InChI is InChI=1S/C9H11FOS/c1-6(12)8-5-7(10)3-4-9(8)11-2/h3-6,12H,1-2H3. The molecule has 0 aromatic heterocycles. The molecule has 0 amide bonds. The van der Waals surface area contributed by atoms with Crippen LogP contribution >= 0.6 is 12.6 Å². The topological polar surface area (TPSA) is 9.23 Å². The quantitative estimate of drug-likeness (QED) is 0.699. The third-order valence-corrected chi connectivity index (χ3v) is 1.92. The first-order valence-corrected chi connectivity index (χ1v) is 4.18. The molecule has 0 heterocycles. The van der Waals surface area contributed by atoms with E-state index >= 15 is 0 Å². The molecule has 0 fully saturated rings. The van der Waals surface area contributed by atoms with Crippen LogP contribution < -0.4 is 4.74 Å². The van der Waals surface area contributed by atoms with E-state index in [0.29, 0.717) is 5.75 Å². The summed E-state index contributed by atoms with van der Waals surface area (Å²) in [6.07, 6.45) is 0. The summed E-state index contributed by atoms with van der Waals surface area (Å²) in [6, 6.07) is 4.42. The summed E-state index contributed by atoms with van der Waals surface area (Å²) >= 11 is 4.21. The minimum absolute atomic E-state index is 0.0179. The van der Waals surface area contributed by atoms with Crippen LogP contribution in [0.2, 0.25) is 0 Å². The molecule has 0 aliphatic carbocycles. The minimum atomic E-state index is -0.258. The lowest BCUT2D eigenvalue weighted by Gasteiger charge is -2.10. The highest BCUT2D eigenvalue weighted by molar-refractivity contribution is 7.80. The van der Waals surface area contributed by atoms with E-state index in [1.165, 1.54) is 12.1 Å². The van der Waals surface area contributed by atoms with Crippen LogP contribution in [0.5, 0.6) is 5.75 Å². The summed E-state index contributed by atoms with van der Waals surface area (Å²) < 4.78 is 17.8. The van der Waals surface area contributed by atoms with E-state index in [2.05, 4.69) is 12.6 Å².